The zero-order valence-electron chi connectivity index (χ0n) is 15.9. The lowest BCUT2D eigenvalue weighted by Gasteiger charge is -2.22. The Hall–Kier alpha value is -2.72. The molecule has 4 aromatic rings. The van der Waals surface area contributed by atoms with Crippen LogP contribution < -0.4 is 0 Å². The van der Waals surface area contributed by atoms with E-state index in [1.807, 2.05) is 0 Å². The van der Waals surface area contributed by atoms with E-state index in [0.717, 1.165) is 43.5 Å². The van der Waals surface area contributed by atoms with Crippen molar-refractivity contribution in [2.45, 2.75) is 26.2 Å². The van der Waals surface area contributed by atoms with Crippen molar-refractivity contribution in [3.63, 3.8) is 0 Å². The molecule has 4 nitrogen and oxygen atoms in total. The molecule has 0 aliphatic rings. The van der Waals surface area contributed by atoms with Crippen molar-refractivity contribution >= 4 is 21.8 Å². The van der Waals surface area contributed by atoms with E-state index in [9.17, 15) is 0 Å². The molecule has 0 radical (unpaired) electrons. The monoisotopic (exact) mass is 358 g/mol. The molecule has 0 saturated carbocycles. The van der Waals surface area contributed by atoms with Crippen molar-refractivity contribution in [3.8, 4) is 0 Å². The van der Waals surface area contributed by atoms with Gasteiger partial charge in [-0.15, -0.1) is 0 Å². The quantitative estimate of drug-likeness (QED) is 0.500. The van der Waals surface area contributed by atoms with Crippen LogP contribution in [0.5, 0.6) is 0 Å². The maximum Gasteiger partial charge on any atom is 0.113 e. The summed E-state index contributed by atoms with van der Waals surface area (Å²) in [5.41, 5.74) is 4.64. The van der Waals surface area contributed by atoms with Gasteiger partial charge in [-0.3, -0.25) is 0 Å². The molecule has 0 aliphatic carbocycles. The molecule has 4 rings (SSSR count). The number of hydrogen-bond acceptors (Lipinski definition) is 3. The zero-order valence-corrected chi connectivity index (χ0v) is 15.9. The largest absolute Gasteiger partial charge is 0.303 e. The van der Waals surface area contributed by atoms with Gasteiger partial charge in [-0.25, -0.2) is 0 Å². The van der Waals surface area contributed by atoms with Crippen LogP contribution in [-0.4, -0.2) is 39.9 Å². The van der Waals surface area contributed by atoms with Crippen molar-refractivity contribution in [2.75, 3.05) is 19.6 Å². The molecular weight excluding hydrogens is 332 g/mol. The predicted molar refractivity (Wildman–Crippen MR) is 112 cm³/mol. The Morgan fingerprint density at radius 2 is 1.63 bits per heavy atom. The van der Waals surface area contributed by atoms with Crippen LogP contribution >= 0.6 is 0 Å². The fraction of sp³-hybridized carbons (Fsp3) is 0.304. The lowest BCUT2D eigenvalue weighted by atomic mass is 10.0. The second kappa shape index (κ2) is 8.31. The van der Waals surface area contributed by atoms with E-state index in [0.29, 0.717) is 0 Å². The van der Waals surface area contributed by atoms with E-state index in [4.69, 9.17) is 0 Å². The van der Waals surface area contributed by atoms with Gasteiger partial charge < -0.3 is 4.90 Å². The van der Waals surface area contributed by atoms with Gasteiger partial charge in [0.25, 0.3) is 0 Å². The Balaban J connectivity index is 1.41. The third-order valence-corrected chi connectivity index (χ3v) is 5.21. The van der Waals surface area contributed by atoms with Gasteiger partial charge >= 0.3 is 0 Å². The number of fused-ring (bicyclic) bond motifs is 2. The van der Waals surface area contributed by atoms with E-state index in [-0.39, 0.29) is 0 Å². The van der Waals surface area contributed by atoms with Crippen molar-refractivity contribution in [3.05, 3.63) is 71.8 Å². The lowest BCUT2D eigenvalue weighted by Crippen LogP contribution is -2.29. The van der Waals surface area contributed by atoms with Gasteiger partial charge in [-0.05, 0) is 59.8 Å². The number of aromatic nitrogens is 3. The minimum atomic E-state index is 0.931. The molecule has 27 heavy (non-hydrogen) atoms. The Morgan fingerprint density at radius 1 is 0.815 bits per heavy atom. The summed E-state index contributed by atoms with van der Waals surface area (Å²) >= 11 is 0. The summed E-state index contributed by atoms with van der Waals surface area (Å²) < 4.78 is 0. The van der Waals surface area contributed by atoms with Crippen LogP contribution in [0.3, 0.4) is 0 Å². The average Bonchev–Trinajstić information content (AvgIpc) is 3.18. The van der Waals surface area contributed by atoms with Crippen molar-refractivity contribution in [1.82, 2.24) is 20.3 Å². The van der Waals surface area contributed by atoms with Gasteiger partial charge in [0.2, 0.25) is 0 Å². The molecule has 0 amide bonds. The van der Waals surface area contributed by atoms with E-state index in [1.165, 1.54) is 28.3 Å². The Labute approximate surface area is 160 Å². The summed E-state index contributed by atoms with van der Waals surface area (Å²) in [5, 5.41) is 13.7. The third kappa shape index (κ3) is 4.17. The highest BCUT2D eigenvalue weighted by Crippen LogP contribution is 2.19. The van der Waals surface area contributed by atoms with Gasteiger partial charge in [0.1, 0.15) is 11.0 Å². The van der Waals surface area contributed by atoms with Crippen LogP contribution in [0, 0.1) is 0 Å². The van der Waals surface area contributed by atoms with Crippen LogP contribution in [0.1, 0.15) is 24.5 Å². The summed E-state index contributed by atoms with van der Waals surface area (Å²) in [6, 6.07) is 21.7. The molecule has 0 bridgehead atoms. The molecule has 4 heteroatoms. The lowest BCUT2D eigenvalue weighted by molar-refractivity contribution is 0.281. The standard InChI is InChI=1S/C23H26N4/c1-2-14-27(15-12-18-10-11-22-23(17-18)25-26-24-22)16-13-20-8-5-7-19-6-3-4-9-21(19)20/h3-11,17H,2,12-16H2,1H3,(H,24,25,26). The van der Waals surface area contributed by atoms with E-state index in [1.54, 1.807) is 0 Å². The zero-order chi connectivity index (χ0) is 18.5. The maximum atomic E-state index is 4.20. The van der Waals surface area contributed by atoms with E-state index < -0.39 is 0 Å². The first-order chi connectivity index (χ1) is 13.3. The molecule has 1 N–H and O–H groups in total. The predicted octanol–water partition coefficient (Wildman–Crippen LogP) is 4.61. The van der Waals surface area contributed by atoms with E-state index >= 15 is 0 Å². The van der Waals surface area contributed by atoms with Gasteiger partial charge in [0, 0.05) is 13.1 Å². The Morgan fingerprint density at radius 3 is 2.56 bits per heavy atom. The SMILES string of the molecule is CCCN(CCc1ccc2n[nH]nc2c1)CCc1cccc2ccccc12. The second-order valence-electron chi connectivity index (χ2n) is 7.13. The highest BCUT2D eigenvalue weighted by Gasteiger charge is 2.08. The summed E-state index contributed by atoms with van der Waals surface area (Å²) in [6.07, 6.45) is 3.31. The Kier molecular flexibility index (Phi) is 5.45. The number of rotatable bonds is 8. The molecule has 1 heterocycles. The minimum absolute atomic E-state index is 0.931. The molecule has 1 aromatic heterocycles. The topological polar surface area (TPSA) is 44.8 Å². The minimum Gasteiger partial charge on any atom is -0.303 e. The number of aromatic amines is 1. The van der Waals surface area contributed by atoms with Crippen LogP contribution in [0.4, 0.5) is 0 Å². The first-order valence-corrected chi connectivity index (χ1v) is 9.82. The van der Waals surface area contributed by atoms with Crippen LogP contribution in [-0.2, 0) is 12.8 Å². The van der Waals surface area contributed by atoms with Crippen molar-refractivity contribution in [2.24, 2.45) is 0 Å². The van der Waals surface area contributed by atoms with Gasteiger partial charge in [0.05, 0.1) is 0 Å². The second-order valence-corrected chi connectivity index (χ2v) is 7.13. The average molecular weight is 358 g/mol. The summed E-state index contributed by atoms with van der Waals surface area (Å²) in [6.45, 7) is 5.55. The summed E-state index contributed by atoms with van der Waals surface area (Å²) in [4.78, 5) is 2.58. The molecule has 0 atom stereocenters. The number of nitrogens with zero attached hydrogens (tertiary/aromatic N) is 3. The van der Waals surface area contributed by atoms with Gasteiger partial charge in [-0.2, -0.15) is 15.4 Å². The number of nitrogens with one attached hydrogen (secondary N) is 1. The smallest absolute Gasteiger partial charge is 0.113 e. The fourth-order valence-electron chi connectivity index (χ4n) is 3.77. The molecule has 0 saturated heterocycles. The molecule has 0 aliphatic heterocycles. The third-order valence-electron chi connectivity index (χ3n) is 5.21. The molecule has 138 valence electrons. The highest BCUT2D eigenvalue weighted by atomic mass is 15.3. The van der Waals surface area contributed by atoms with E-state index in [2.05, 4.69) is 87.9 Å². The van der Waals surface area contributed by atoms with Crippen molar-refractivity contribution < 1.29 is 0 Å². The molecule has 0 fully saturated rings. The maximum absolute atomic E-state index is 4.20. The molecular formula is C23H26N4. The summed E-state index contributed by atoms with van der Waals surface area (Å²) in [7, 11) is 0. The number of H-pyrrole nitrogens is 1. The fourth-order valence-corrected chi connectivity index (χ4v) is 3.77. The van der Waals surface area contributed by atoms with Gasteiger partial charge in [0.15, 0.2) is 0 Å². The first kappa shape index (κ1) is 17.7. The van der Waals surface area contributed by atoms with Gasteiger partial charge in [-0.1, -0.05) is 55.5 Å². The molecule has 3 aromatic carbocycles. The first-order valence-electron chi connectivity index (χ1n) is 9.82. The normalized spacial score (nSPS) is 11.6. The Bertz CT molecular complexity index is 1020. The number of hydrogen-bond donors (Lipinski definition) is 1. The highest BCUT2D eigenvalue weighted by molar-refractivity contribution is 5.85. The van der Waals surface area contributed by atoms with Crippen molar-refractivity contribution in [1.29, 1.82) is 0 Å². The van der Waals surface area contributed by atoms with Crippen LogP contribution in [0.15, 0.2) is 60.7 Å². The van der Waals surface area contributed by atoms with Crippen LogP contribution in [0.2, 0.25) is 0 Å². The molecule has 0 unspecified atom stereocenters. The summed E-state index contributed by atoms with van der Waals surface area (Å²) in [5.74, 6) is 0. The molecule has 0 spiro atoms. The van der Waals surface area contributed by atoms with Crippen LogP contribution in [0.25, 0.3) is 21.8 Å². The number of benzene rings is 3.